The maximum absolute atomic E-state index is 13.6. The van der Waals surface area contributed by atoms with Gasteiger partial charge in [-0.3, -0.25) is 9.48 Å². The third-order valence-electron chi connectivity index (χ3n) is 2.59. The second-order valence-electron chi connectivity index (χ2n) is 3.90. The standard InChI is InChI=1S/C13H13FN2O/c1-3-16-8-10(7-15-16)13(17)11-5-4-9(2)6-12(11)14/h4-8H,3H2,1-2H3. The summed E-state index contributed by atoms with van der Waals surface area (Å²) in [6.07, 6.45) is 3.09. The molecule has 1 aromatic heterocycles. The zero-order valence-corrected chi connectivity index (χ0v) is 9.77. The van der Waals surface area contributed by atoms with Crippen molar-refractivity contribution < 1.29 is 9.18 Å². The molecule has 0 spiro atoms. The molecule has 0 N–H and O–H groups in total. The Morgan fingerprint density at radius 3 is 2.82 bits per heavy atom. The van der Waals surface area contributed by atoms with Crippen LogP contribution in [0.1, 0.15) is 28.4 Å². The summed E-state index contributed by atoms with van der Waals surface area (Å²) in [6.45, 7) is 4.39. The molecule has 0 aliphatic heterocycles. The van der Waals surface area contributed by atoms with Crippen LogP contribution in [0.3, 0.4) is 0 Å². The Labute approximate surface area is 98.9 Å². The molecule has 2 rings (SSSR count). The maximum Gasteiger partial charge on any atom is 0.199 e. The molecule has 0 atom stereocenters. The predicted molar refractivity (Wildman–Crippen MR) is 62.5 cm³/mol. The van der Waals surface area contributed by atoms with Crippen LogP contribution in [0.4, 0.5) is 4.39 Å². The lowest BCUT2D eigenvalue weighted by Gasteiger charge is -2.01. The zero-order valence-electron chi connectivity index (χ0n) is 9.77. The van der Waals surface area contributed by atoms with Gasteiger partial charge in [0.15, 0.2) is 5.78 Å². The van der Waals surface area contributed by atoms with Crippen molar-refractivity contribution in [1.82, 2.24) is 9.78 Å². The predicted octanol–water partition coefficient (Wildman–Crippen LogP) is 2.58. The molecule has 88 valence electrons. The zero-order chi connectivity index (χ0) is 12.4. The third kappa shape index (κ3) is 2.25. The number of carbonyl (C=O) groups is 1. The lowest BCUT2D eigenvalue weighted by atomic mass is 10.0. The molecule has 0 fully saturated rings. The van der Waals surface area contributed by atoms with Crippen LogP contribution in [-0.2, 0) is 6.54 Å². The molecule has 0 saturated heterocycles. The van der Waals surface area contributed by atoms with E-state index in [0.717, 1.165) is 5.56 Å². The van der Waals surface area contributed by atoms with E-state index in [4.69, 9.17) is 0 Å². The van der Waals surface area contributed by atoms with Gasteiger partial charge in [-0.1, -0.05) is 6.07 Å². The summed E-state index contributed by atoms with van der Waals surface area (Å²) in [4.78, 5) is 12.0. The highest BCUT2D eigenvalue weighted by Gasteiger charge is 2.15. The lowest BCUT2D eigenvalue weighted by molar-refractivity contribution is 0.103. The first kappa shape index (κ1) is 11.5. The highest BCUT2D eigenvalue weighted by molar-refractivity contribution is 6.08. The van der Waals surface area contributed by atoms with Gasteiger partial charge in [-0.2, -0.15) is 5.10 Å². The average molecular weight is 232 g/mol. The van der Waals surface area contributed by atoms with Crippen molar-refractivity contribution in [3.63, 3.8) is 0 Å². The quantitative estimate of drug-likeness (QED) is 0.762. The van der Waals surface area contributed by atoms with Crippen molar-refractivity contribution in [3.05, 3.63) is 53.1 Å². The molecule has 0 amide bonds. The number of benzene rings is 1. The van der Waals surface area contributed by atoms with Gasteiger partial charge in [0.05, 0.1) is 17.3 Å². The molecule has 0 saturated carbocycles. The summed E-state index contributed by atoms with van der Waals surface area (Å²) in [5.74, 6) is -0.818. The molecular weight excluding hydrogens is 219 g/mol. The Morgan fingerprint density at radius 2 is 2.24 bits per heavy atom. The van der Waals surface area contributed by atoms with Gasteiger partial charge < -0.3 is 0 Å². The number of hydrogen-bond acceptors (Lipinski definition) is 2. The van der Waals surface area contributed by atoms with Crippen molar-refractivity contribution >= 4 is 5.78 Å². The van der Waals surface area contributed by atoms with Gasteiger partial charge >= 0.3 is 0 Å². The van der Waals surface area contributed by atoms with Gasteiger partial charge in [-0.25, -0.2) is 4.39 Å². The van der Waals surface area contributed by atoms with Crippen LogP contribution in [-0.4, -0.2) is 15.6 Å². The van der Waals surface area contributed by atoms with E-state index in [0.29, 0.717) is 12.1 Å². The van der Waals surface area contributed by atoms with Gasteiger partial charge in [0.1, 0.15) is 5.82 Å². The molecule has 0 aliphatic rings. The minimum atomic E-state index is -0.487. The number of aromatic nitrogens is 2. The molecule has 4 heteroatoms. The minimum absolute atomic E-state index is 0.0891. The Hall–Kier alpha value is -1.97. The fraction of sp³-hybridized carbons (Fsp3) is 0.231. The highest BCUT2D eigenvalue weighted by Crippen LogP contribution is 2.14. The number of carbonyl (C=O) groups excluding carboxylic acids is 1. The van der Waals surface area contributed by atoms with E-state index in [9.17, 15) is 9.18 Å². The van der Waals surface area contributed by atoms with E-state index in [-0.39, 0.29) is 11.3 Å². The number of rotatable bonds is 3. The van der Waals surface area contributed by atoms with Crippen molar-refractivity contribution in [2.45, 2.75) is 20.4 Å². The average Bonchev–Trinajstić information content (AvgIpc) is 2.76. The maximum atomic E-state index is 13.6. The second-order valence-corrected chi connectivity index (χ2v) is 3.90. The van der Waals surface area contributed by atoms with Gasteiger partial charge in [-0.15, -0.1) is 0 Å². The molecule has 1 heterocycles. The number of hydrogen-bond donors (Lipinski definition) is 0. The fourth-order valence-electron chi connectivity index (χ4n) is 1.61. The van der Waals surface area contributed by atoms with Gasteiger partial charge in [0.25, 0.3) is 0 Å². The molecule has 1 aromatic carbocycles. The third-order valence-corrected chi connectivity index (χ3v) is 2.59. The SMILES string of the molecule is CCn1cc(C(=O)c2ccc(C)cc2F)cn1. The van der Waals surface area contributed by atoms with Gasteiger partial charge in [-0.05, 0) is 31.5 Å². The number of nitrogens with zero attached hydrogens (tertiary/aromatic N) is 2. The first-order valence-electron chi connectivity index (χ1n) is 5.45. The molecule has 17 heavy (non-hydrogen) atoms. The Morgan fingerprint density at radius 1 is 1.47 bits per heavy atom. The van der Waals surface area contributed by atoms with E-state index in [1.807, 2.05) is 6.92 Å². The van der Waals surface area contributed by atoms with E-state index in [2.05, 4.69) is 5.10 Å². The molecular formula is C13H13FN2O. The van der Waals surface area contributed by atoms with Gasteiger partial charge in [0, 0.05) is 12.7 Å². The smallest absolute Gasteiger partial charge is 0.199 e. The number of aryl methyl sites for hydroxylation is 2. The number of ketones is 1. The van der Waals surface area contributed by atoms with Crippen LogP contribution in [0.5, 0.6) is 0 Å². The summed E-state index contributed by atoms with van der Waals surface area (Å²) >= 11 is 0. The van der Waals surface area contributed by atoms with E-state index in [1.165, 1.54) is 18.3 Å². The lowest BCUT2D eigenvalue weighted by Crippen LogP contribution is -2.03. The van der Waals surface area contributed by atoms with E-state index in [1.54, 1.807) is 23.9 Å². The summed E-state index contributed by atoms with van der Waals surface area (Å²) in [5, 5.41) is 4.00. The first-order valence-corrected chi connectivity index (χ1v) is 5.45. The Kier molecular flexibility index (Phi) is 3.04. The van der Waals surface area contributed by atoms with Crippen molar-refractivity contribution in [2.75, 3.05) is 0 Å². The number of halogens is 1. The van der Waals surface area contributed by atoms with Crippen molar-refractivity contribution in [1.29, 1.82) is 0 Å². The summed E-state index contributed by atoms with van der Waals surface area (Å²) in [5.41, 5.74) is 1.30. The molecule has 0 aliphatic carbocycles. The molecule has 0 radical (unpaired) electrons. The van der Waals surface area contributed by atoms with E-state index >= 15 is 0 Å². The largest absolute Gasteiger partial charge is 0.288 e. The topological polar surface area (TPSA) is 34.9 Å². The Bertz CT molecular complexity index is 560. The van der Waals surface area contributed by atoms with Gasteiger partial charge in [0.2, 0.25) is 0 Å². The molecule has 0 unspecified atom stereocenters. The van der Waals surface area contributed by atoms with Crippen LogP contribution < -0.4 is 0 Å². The molecule has 3 nitrogen and oxygen atoms in total. The van der Waals surface area contributed by atoms with Crippen LogP contribution in [0.15, 0.2) is 30.6 Å². The molecule has 2 aromatic rings. The van der Waals surface area contributed by atoms with Crippen molar-refractivity contribution in [2.24, 2.45) is 0 Å². The van der Waals surface area contributed by atoms with Crippen LogP contribution >= 0.6 is 0 Å². The fourth-order valence-corrected chi connectivity index (χ4v) is 1.61. The van der Waals surface area contributed by atoms with Crippen LogP contribution in [0.25, 0.3) is 0 Å². The highest BCUT2D eigenvalue weighted by atomic mass is 19.1. The summed E-state index contributed by atoms with van der Waals surface area (Å²) in [6, 6.07) is 4.59. The van der Waals surface area contributed by atoms with E-state index < -0.39 is 5.82 Å². The first-order chi connectivity index (χ1) is 8.11. The Balaban J connectivity index is 2.36. The second kappa shape index (κ2) is 4.49. The molecule has 0 bridgehead atoms. The van der Waals surface area contributed by atoms with Crippen LogP contribution in [0, 0.1) is 12.7 Å². The normalized spacial score (nSPS) is 10.5. The summed E-state index contributed by atoms with van der Waals surface area (Å²) < 4.78 is 15.3. The summed E-state index contributed by atoms with van der Waals surface area (Å²) in [7, 11) is 0. The van der Waals surface area contributed by atoms with Crippen LogP contribution in [0.2, 0.25) is 0 Å². The monoisotopic (exact) mass is 232 g/mol. The minimum Gasteiger partial charge on any atom is -0.288 e. The van der Waals surface area contributed by atoms with Crippen molar-refractivity contribution in [3.8, 4) is 0 Å².